The quantitative estimate of drug-likeness (QED) is 0.196. The van der Waals surface area contributed by atoms with Crippen LogP contribution in [-0.2, 0) is 25.5 Å². The zero-order valence-electron chi connectivity index (χ0n) is 27.6. The minimum Gasteiger partial charge on any atom is -0.455 e. The molecule has 0 bridgehead atoms. The normalized spacial score (nSPS) is 25.2. The van der Waals surface area contributed by atoms with Gasteiger partial charge in [-0.25, -0.2) is 9.79 Å². The number of aryl methyl sites for hydroxylation is 1. The number of hydrogen-bond donors (Lipinski definition) is 1. The van der Waals surface area contributed by atoms with E-state index in [1.54, 1.807) is 37.0 Å². The van der Waals surface area contributed by atoms with Crippen LogP contribution in [0.5, 0.6) is 0 Å². The minimum absolute atomic E-state index is 0.0502. The van der Waals surface area contributed by atoms with E-state index in [1.807, 2.05) is 59.7 Å². The van der Waals surface area contributed by atoms with Gasteiger partial charge in [-0.1, -0.05) is 41.5 Å². The van der Waals surface area contributed by atoms with Crippen LogP contribution in [-0.4, -0.2) is 83.0 Å². The Morgan fingerprint density at radius 1 is 1.13 bits per heavy atom. The predicted molar refractivity (Wildman–Crippen MR) is 180 cm³/mol. The lowest BCUT2D eigenvalue weighted by Crippen LogP contribution is -2.64. The molecule has 1 aromatic heterocycles. The maximum Gasteiger partial charge on any atom is 0.408 e. The number of hydrogen-bond acceptors (Lipinski definition) is 9. The van der Waals surface area contributed by atoms with Crippen molar-refractivity contribution in [3.05, 3.63) is 68.7 Å². The highest BCUT2D eigenvalue weighted by Gasteiger charge is 2.44. The number of alkyl carbamates (subject to hydrolysis) is 1. The first-order valence-electron chi connectivity index (χ1n) is 16.5. The molecule has 3 aliphatic rings. The fourth-order valence-corrected chi connectivity index (χ4v) is 7.32. The number of ether oxygens (including phenoxy) is 2. The fraction of sp³-hybridized carbons (Fsp3) is 0.588. The summed E-state index contributed by atoms with van der Waals surface area (Å²) in [6, 6.07) is 12.5. The van der Waals surface area contributed by atoms with Gasteiger partial charge in [0.05, 0.1) is 6.04 Å². The van der Waals surface area contributed by atoms with Gasteiger partial charge in [-0.2, -0.15) is 0 Å². The van der Waals surface area contributed by atoms with Crippen molar-refractivity contribution in [3.63, 3.8) is 0 Å². The van der Waals surface area contributed by atoms with Gasteiger partial charge in [-0.3, -0.25) is 9.59 Å². The molecule has 5 rings (SSSR count). The number of Topliss-reactive ketones (excluding diaryl/α,β-unsaturated/α-hetero) is 1. The van der Waals surface area contributed by atoms with Gasteiger partial charge in [0.25, 0.3) is 6.02 Å². The molecule has 12 nitrogen and oxygen atoms in total. The van der Waals surface area contributed by atoms with Gasteiger partial charge in [0.2, 0.25) is 5.91 Å². The van der Waals surface area contributed by atoms with E-state index in [0.717, 1.165) is 10.4 Å². The summed E-state index contributed by atoms with van der Waals surface area (Å²) in [4.78, 5) is 54.0. The number of benzene rings is 1. The Morgan fingerprint density at radius 3 is 2.53 bits per heavy atom. The Bertz CT molecular complexity index is 1460. The summed E-state index contributed by atoms with van der Waals surface area (Å²) in [6.45, 7) is 8.26. The summed E-state index contributed by atoms with van der Waals surface area (Å²) in [6.07, 6.45) is 2.37. The molecular formula is C34H45N7O5S. The second-order valence-electron chi connectivity index (χ2n) is 13.5. The standard InChI is InChI=1S/C34H45N7O5S/c1-22-30(24-9-6-5-7-10-24)45-32(36-22)40-18-19-41(27(21-40)28(42)17-16-26-11-8-20-47-26)31(43)29(37-33(44)46-34(2,3)4)23-12-14-25(15-13-23)38-39-35/h5-11,20,22-23,25,27,29-30H,12-19,21H2,1-4H3,(H,37,44)/t22-,23?,25?,27-,29+,30+/m0/s1. The molecule has 1 saturated heterocycles. The average molecular weight is 664 g/mol. The van der Waals surface area contributed by atoms with E-state index < -0.39 is 23.8 Å². The number of nitrogens with one attached hydrogen (secondary N) is 1. The third-order valence-electron chi connectivity index (χ3n) is 8.98. The first-order valence-corrected chi connectivity index (χ1v) is 17.3. The third-order valence-corrected chi connectivity index (χ3v) is 9.92. The van der Waals surface area contributed by atoms with E-state index in [0.29, 0.717) is 44.7 Å². The van der Waals surface area contributed by atoms with Crippen LogP contribution in [0.4, 0.5) is 4.79 Å². The van der Waals surface area contributed by atoms with E-state index in [4.69, 9.17) is 20.0 Å². The van der Waals surface area contributed by atoms with Gasteiger partial charge < -0.3 is 24.6 Å². The van der Waals surface area contributed by atoms with Crippen LogP contribution in [0.2, 0.25) is 0 Å². The molecule has 2 aromatic rings. The second kappa shape index (κ2) is 15.2. The zero-order chi connectivity index (χ0) is 33.6. The summed E-state index contributed by atoms with van der Waals surface area (Å²) in [5, 5.41) is 8.73. The summed E-state index contributed by atoms with van der Waals surface area (Å²) in [5.41, 5.74) is 9.20. The van der Waals surface area contributed by atoms with Crippen molar-refractivity contribution in [2.45, 2.75) is 102 Å². The number of azide groups is 1. The maximum absolute atomic E-state index is 14.5. The van der Waals surface area contributed by atoms with Gasteiger partial charge >= 0.3 is 6.09 Å². The molecule has 4 atom stereocenters. The molecular weight excluding hydrogens is 618 g/mol. The number of carbonyl (C=O) groups excluding carboxylic acids is 3. The number of rotatable bonds is 9. The van der Waals surface area contributed by atoms with Gasteiger partial charge in [-0.15, -0.1) is 11.3 Å². The van der Waals surface area contributed by atoms with Crippen LogP contribution in [0.15, 0.2) is 58.0 Å². The SMILES string of the molecule is C[C@@H]1N=C(N2CCN(C(=O)[C@H](NC(=O)OC(C)(C)C)C3CCC(N=[N+]=[N-])CC3)[C@H](C(=O)CCc3cccs3)C2)O[C@H]1c1ccccc1. The predicted octanol–water partition coefficient (Wildman–Crippen LogP) is 6.04. The molecule has 2 fully saturated rings. The smallest absolute Gasteiger partial charge is 0.408 e. The molecule has 47 heavy (non-hydrogen) atoms. The number of carbonyl (C=O) groups is 3. The second-order valence-corrected chi connectivity index (χ2v) is 14.6. The summed E-state index contributed by atoms with van der Waals surface area (Å²) in [5.74, 6) is -0.553. The van der Waals surface area contributed by atoms with Gasteiger partial charge in [0.15, 0.2) is 5.78 Å². The van der Waals surface area contributed by atoms with E-state index in [2.05, 4.69) is 15.3 Å². The summed E-state index contributed by atoms with van der Waals surface area (Å²) in [7, 11) is 0. The third kappa shape index (κ3) is 8.84. The molecule has 13 heteroatoms. The number of amides is 2. The molecule has 252 valence electrons. The number of ketones is 1. The van der Waals surface area contributed by atoms with Gasteiger partial charge in [0.1, 0.15) is 23.8 Å². The zero-order valence-corrected chi connectivity index (χ0v) is 28.4. The first kappa shape index (κ1) is 34.3. The molecule has 0 radical (unpaired) electrons. The monoisotopic (exact) mass is 663 g/mol. The highest BCUT2D eigenvalue weighted by molar-refractivity contribution is 7.09. The highest BCUT2D eigenvalue weighted by atomic mass is 32.1. The van der Waals surface area contributed by atoms with Gasteiger partial charge in [0, 0.05) is 41.9 Å². The van der Waals surface area contributed by atoms with E-state index in [-0.39, 0.29) is 55.3 Å². The first-order chi connectivity index (χ1) is 22.5. The number of aliphatic imine (C=N–C) groups is 1. The molecule has 2 amide bonds. The average Bonchev–Trinajstić information content (AvgIpc) is 3.72. The molecule has 0 unspecified atom stereocenters. The van der Waals surface area contributed by atoms with E-state index in [9.17, 15) is 14.4 Å². The summed E-state index contributed by atoms with van der Waals surface area (Å²) < 4.78 is 11.9. The van der Waals surface area contributed by atoms with E-state index in [1.165, 1.54) is 0 Å². The molecule has 1 N–H and O–H groups in total. The van der Waals surface area contributed by atoms with Crippen LogP contribution in [0.1, 0.15) is 76.3 Å². The lowest BCUT2D eigenvalue weighted by atomic mass is 9.81. The lowest BCUT2D eigenvalue weighted by molar-refractivity contribution is -0.145. The van der Waals surface area contributed by atoms with Crippen molar-refractivity contribution in [1.29, 1.82) is 0 Å². The largest absolute Gasteiger partial charge is 0.455 e. The number of thiophene rings is 1. The van der Waals surface area contributed by atoms with Crippen molar-refractivity contribution in [2.75, 3.05) is 19.6 Å². The Kier molecular flexibility index (Phi) is 11.1. The van der Waals surface area contributed by atoms with Crippen LogP contribution in [0.25, 0.3) is 10.4 Å². The lowest BCUT2D eigenvalue weighted by Gasteiger charge is -2.43. The van der Waals surface area contributed by atoms with Crippen molar-refractivity contribution in [1.82, 2.24) is 15.1 Å². The molecule has 1 aromatic carbocycles. The van der Waals surface area contributed by atoms with Crippen LogP contribution < -0.4 is 5.32 Å². The molecule has 2 aliphatic heterocycles. The van der Waals surface area contributed by atoms with Crippen molar-refractivity contribution < 1.29 is 23.9 Å². The fourth-order valence-electron chi connectivity index (χ4n) is 6.61. The Labute approximate surface area is 280 Å². The Morgan fingerprint density at radius 2 is 1.87 bits per heavy atom. The van der Waals surface area contributed by atoms with Crippen LogP contribution in [0.3, 0.4) is 0 Å². The van der Waals surface area contributed by atoms with Crippen molar-refractivity contribution in [2.24, 2.45) is 16.0 Å². The molecule has 0 spiro atoms. The van der Waals surface area contributed by atoms with Crippen LogP contribution >= 0.6 is 11.3 Å². The summed E-state index contributed by atoms with van der Waals surface area (Å²) >= 11 is 1.60. The molecule has 1 aliphatic carbocycles. The van der Waals surface area contributed by atoms with E-state index >= 15 is 0 Å². The number of amidine groups is 1. The Hall–Kier alpha value is -4.09. The molecule has 3 heterocycles. The Balaban J connectivity index is 1.37. The van der Waals surface area contributed by atoms with Crippen molar-refractivity contribution in [3.8, 4) is 0 Å². The van der Waals surface area contributed by atoms with Crippen LogP contribution in [0, 0.1) is 5.92 Å². The maximum atomic E-state index is 14.5. The topological polar surface area (TPSA) is 149 Å². The number of piperazine rings is 1. The van der Waals surface area contributed by atoms with Crippen molar-refractivity contribution >= 4 is 35.1 Å². The number of nitrogens with zero attached hydrogens (tertiary/aromatic N) is 6. The highest BCUT2D eigenvalue weighted by Crippen LogP contribution is 2.33. The minimum atomic E-state index is -0.890. The molecule has 1 saturated carbocycles. The van der Waals surface area contributed by atoms with Gasteiger partial charge in [-0.05, 0) is 88.3 Å².